The zero-order valence-corrected chi connectivity index (χ0v) is 12.5. The Morgan fingerprint density at radius 3 is 2.63 bits per heavy atom. The number of rotatable bonds is 4. The highest BCUT2D eigenvalue weighted by Crippen LogP contribution is 2.21. The molecule has 7 heteroatoms. The maximum atomic E-state index is 12.0. The molecule has 1 amide bonds. The number of carbonyl (C=O) groups excluding carboxylic acids is 1. The van der Waals surface area contributed by atoms with Crippen LogP contribution in [0.15, 0.2) is 22.8 Å². The summed E-state index contributed by atoms with van der Waals surface area (Å²) in [5.74, 6) is -0.0947. The number of amides is 1. The molecule has 0 saturated heterocycles. The molecule has 1 N–H and O–H groups in total. The molecule has 0 unspecified atom stereocenters. The number of carbonyl (C=O) groups is 1. The van der Waals surface area contributed by atoms with Gasteiger partial charge >= 0.3 is 0 Å². The van der Waals surface area contributed by atoms with E-state index in [1.807, 2.05) is 32.2 Å². The Balaban J connectivity index is 2.00. The van der Waals surface area contributed by atoms with Crippen LogP contribution in [0, 0.1) is 13.8 Å². The summed E-state index contributed by atoms with van der Waals surface area (Å²) in [4.78, 5) is 24.6. The second-order valence-electron chi connectivity index (χ2n) is 4.02. The summed E-state index contributed by atoms with van der Waals surface area (Å²) >= 11 is 2.74. The van der Waals surface area contributed by atoms with Crippen molar-refractivity contribution in [1.29, 1.82) is 0 Å². The fraction of sp³-hybridized carbons (Fsp3) is 0.333. The van der Waals surface area contributed by atoms with Crippen LogP contribution < -0.4 is 5.32 Å². The van der Waals surface area contributed by atoms with Crippen LogP contribution >= 0.6 is 23.1 Å². The Hall–Kier alpha value is -1.47. The van der Waals surface area contributed by atoms with Gasteiger partial charge in [0.2, 0.25) is 5.91 Å². The second kappa shape index (κ2) is 6.12. The van der Waals surface area contributed by atoms with Gasteiger partial charge in [-0.1, -0.05) is 11.8 Å². The van der Waals surface area contributed by atoms with Gasteiger partial charge in [0.05, 0.1) is 5.25 Å². The Morgan fingerprint density at radius 1 is 1.37 bits per heavy atom. The van der Waals surface area contributed by atoms with E-state index >= 15 is 0 Å². The minimum absolute atomic E-state index is 0.0947. The van der Waals surface area contributed by atoms with Crippen molar-refractivity contribution < 1.29 is 4.79 Å². The number of aromatic nitrogens is 3. The van der Waals surface area contributed by atoms with E-state index in [1.165, 1.54) is 23.1 Å². The van der Waals surface area contributed by atoms with Crippen LogP contribution in [0.4, 0.5) is 5.13 Å². The van der Waals surface area contributed by atoms with E-state index in [1.54, 1.807) is 6.20 Å². The van der Waals surface area contributed by atoms with Crippen molar-refractivity contribution >= 4 is 34.1 Å². The predicted octanol–water partition coefficient (Wildman–Crippen LogP) is 2.67. The highest BCUT2D eigenvalue weighted by atomic mass is 32.2. The van der Waals surface area contributed by atoms with Crippen LogP contribution in [0.1, 0.15) is 18.3 Å². The summed E-state index contributed by atoms with van der Waals surface area (Å²) in [7, 11) is 0. The third-order valence-corrected chi connectivity index (χ3v) is 3.93. The summed E-state index contributed by atoms with van der Waals surface area (Å²) in [6.45, 7) is 5.66. The van der Waals surface area contributed by atoms with E-state index in [2.05, 4.69) is 20.3 Å². The summed E-state index contributed by atoms with van der Waals surface area (Å²) in [5, 5.41) is 5.54. The minimum atomic E-state index is -0.273. The number of hydrogen-bond donors (Lipinski definition) is 1. The molecule has 19 heavy (non-hydrogen) atoms. The van der Waals surface area contributed by atoms with Crippen LogP contribution in [-0.2, 0) is 4.79 Å². The minimum Gasteiger partial charge on any atom is -0.301 e. The second-order valence-corrected chi connectivity index (χ2v) is 6.22. The number of hydrogen-bond acceptors (Lipinski definition) is 6. The van der Waals surface area contributed by atoms with Gasteiger partial charge in [-0.05, 0) is 26.8 Å². The lowest BCUT2D eigenvalue weighted by molar-refractivity contribution is -0.115. The summed E-state index contributed by atoms with van der Waals surface area (Å²) in [5.41, 5.74) is 1.81. The van der Waals surface area contributed by atoms with E-state index in [4.69, 9.17) is 0 Å². The number of nitrogens with one attached hydrogen (secondary N) is 1. The fourth-order valence-corrected chi connectivity index (χ4v) is 2.86. The molecule has 2 aromatic heterocycles. The van der Waals surface area contributed by atoms with Gasteiger partial charge in [0, 0.05) is 23.0 Å². The smallest absolute Gasteiger partial charge is 0.239 e. The van der Waals surface area contributed by atoms with Crippen LogP contribution in [0.3, 0.4) is 0 Å². The maximum Gasteiger partial charge on any atom is 0.239 e. The SMILES string of the molecule is Cc1cc(C)nc(S[C@H](C)C(=O)Nc2nccs2)n1. The van der Waals surface area contributed by atoms with Gasteiger partial charge < -0.3 is 5.32 Å². The molecular formula is C12H14N4OS2. The van der Waals surface area contributed by atoms with Gasteiger partial charge in [-0.3, -0.25) is 4.79 Å². The first-order valence-corrected chi connectivity index (χ1v) is 7.50. The molecule has 0 aromatic carbocycles. The average Bonchev–Trinajstić information content (AvgIpc) is 2.80. The summed E-state index contributed by atoms with van der Waals surface area (Å²) in [6.07, 6.45) is 1.66. The molecule has 0 bridgehead atoms. The Bertz CT molecular complexity index is 551. The van der Waals surface area contributed by atoms with Crippen molar-refractivity contribution in [1.82, 2.24) is 15.0 Å². The first-order valence-electron chi connectivity index (χ1n) is 5.74. The molecule has 2 heterocycles. The van der Waals surface area contributed by atoms with Crippen molar-refractivity contribution in [3.05, 3.63) is 29.0 Å². The molecule has 100 valence electrons. The molecule has 0 radical (unpaired) electrons. The third kappa shape index (κ3) is 4.00. The van der Waals surface area contributed by atoms with Crippen LogP contribution in [0.2, 0.25) is 0 Å². The number of anilines is 1. The average molecular weight is 294 g/mol. The van der Waals surface area contributed by atoms with E-state index in [-0.39, 0.29) is 11.2 Å². The van der Waals surface area contributed by atoms with Crippen molar-refractivity contribution in [2.75, 3.05) is 5.32 Å². The largest absolute Gasteiger partial charge is 0.301 e. The lowest BCUT2D eigenvalue weighted by atomic mass is 10.4. The predicted molar refractivity (Wildman–Crippen MR) is 77.6 cm³/mol. The van der Waals surface area contributed by atoms with Crippen LogP contribution in [0.25, 0.3) is 0 Å². The monoisotopic (exact) mass is 294 g/mol. The molecule has 2 rings (SSSR count). The van der Waals surface area contributed by atoms with Gasteiger partial charge in [0.1, 0.15) is 0 Å². The molecule has 0 fully saturated rings. The third-order valence-electron chi connectivity index (χ3n) is 2.28. The van der Waals surface area contributed by atoms with Crippen molar-refractivity contribution in [3.63, 3.8) is 0 Å². The lowest BCUT2D eigenvalue weighted by Crippen LogP contribution is -2.22. The number of thiazole rings is 1. The van der Waals surface area contributed by atoms with E-state index in [9.17, 15) is 4.79 Å². The van der Waals surface area contributed by atoms with Gasteiger partial charge in [-0.15, -0.1) is 11.3 Å². The van der Waals surface area contributed by atoms with Crippen LogP contribution in [-0.4, -0.2) is 26.1 Å². The van der Waals surface area contributed by atoms with E-state index in [0.29, 0.717) is 10.3 Å². The van der Waals surface area contributed by atoms with Crippen molar-refractivity contribution in [3.8, 4) is 0 Å². The Morgan fingerprint density at radius 2 is 2.05 bits per heavy atom. The zero-order chi connectivity index (χ0) is 13.8. The number of nitrogens with zero attached hydrogens (tertiary/aromatic N) is 3. The molecule has 0 saturated carbocycles. The summed E-state index contributed by atoms with van der Waals surface area (Å²) < 4.78 is 0. The van der Waals surface area contributed by atoms with Gasteiger partial charge in [-0.25, -0.2) is 15.0 Å². The zero-order valence-electron chi connectivity index (χ0n) is 10.9. The highest BCUT2D eigenvalue weighted by molar-refractivity contribution is 8.00. The quantitative estimate of drug-likeness (QED) is 0.693. The first-order chi connectivity index (χ1) is 9.04. The lowest BCUT2D eigenvalue weighted by Gasteiger charge is -2.10. The number of thioether (sulfide) groups is 1. The van der Waals surface area contributed by atoms with Crippen molar-refractivity contribution in [2.24, 2.45) is 0 Å². The molecule has 0 aliphatic heterocycles. The topological polar surface area (TPSA) is 67.8 Å². The van der Waals surface area contributed by atoms with Gasteiger partial charge in [0.25, 0.3) is 0 Å². The normalized spacial score (nSPS) is 12.2. The highest BCUT2D eigenvalue weighted by Gasteiger charge is 2.17. The Labute approximate surface area is 119 Å². The maximum absolute atomic E-state index is 12.0. The van der Waals surface area contributed by atoms with Gasteiger partial charge in [0.15, 0.2) is 10.3 Å². The molecule has 0 spiro atoms. The van der Waals surface area contributed by atoms with E-state index < -0.39 is 0 Å². The molecule has 0 aliphatic rings. The first kappa shape index (κ1) is 14.0. The van der Waals surface area contributed by atoms with Gasteiger partial charge in [-0.2, -0.15) is 0 Å². The van der Waals surface area contributed by atoms with E-state index in [0.717, 1.165) is 11.4 Å². The molecular weight excluding hydrogens is 280 g/mol. The molecule has 2 aromatic rings. The number of aryl methyl sites for hydroxylation is 2. The fourth-order valence-electron chi connectivity index (χ4n) is 1.45. The molecule has 5 nitrogen and oxygen atoms in total. The standard InChI is InChI=1S/C12H14N4OS2/c1-7-6-8(2)15-12(14-7)19-9(3)10(17)16-11-13-4-5-18-11/h4-6,9H,1-3H3,(H,13,16,17)/t9-/m1/s1. The molecule has 1 atom stereocenters. The Kier molecular flexibility index (Phi) is 4.49. The summed E-state index contributed by atoms with van der Waals surface area (Å²) in [6, 6.07) is 1.91. The van der Waals surface area contributed by atoms with Crippen molar-refractivity contribution in [2.45, 2.75) is 31.2 Å². The molecule has 0 aliphatic carbocycles. The van der Waals surface area contributed by atoms with Crippen LogP contribution in [0.5, 0.6) is 0 Å².